The number of hydrogen-bond donors (Lipinski definition) is 1. The van der Waals surface area contributed by atoms with Gasteiger partial charge in [0.25, 0.3) is 0 Å². The van der Waals surface area contributed by atoms with Gasteiger partial charge in [0.15, 0.2) is 11.5 Å². The van der Waals surface area contributed by atoms with E-state index in [2.05, 4.69) is 41.3 Å². The van der Waals surface area contributed by atoms with Crippen LogP contribution in [0.15, 0.2) is 18.2 Å². The second kappa shape index (κ2) is 5.99. The predicted molar refractivity (Wildman–Crippen MR) is 78.3 cm³/mol. The number of benzene rings is 1. The molecule has 1 fully saturated rings. The summed E-state index contributed by atoms with van der Waals surface area (Å²) >= 11 is 0. The van der Waals surface area contributed by atoms with Crippen molar-refractivity contribution in [2.24, 2.45) is 0 Å². The van der Waals surface area contributed by atoms with Gasteiger partial charge in [-0.15, -0.1) is 0 Å². The number of ether oxygens (including phenoxy) is 2. The lowest BCUT2D eigenvalue weighted by molar-refractivity contribution is 0.167. The van der Waals surface area contributed by atoms with E-state index >= 15 is 0 Å². The lowest BCUT2D eigenvalue weighted by atomic mass is 10.0. The predicted octanol–water partition coefficient (Wildman–Crippen LogP) is 0.923. The summed E-state index contributed by atoms with van der Waals surface area (Å²) in [5.41, 5.74) is 1.29. The number of rotatable bonds is 4. The smallest absolute Gasteiger partial charge is 0.231 e. The highest BCUT2D eigenvalue weighted by molar-refractivity contribution is 5.45. The molecule has 20 heavy (non-hydrogen) atoms. The van der Waals surface area contributed by atoms with Crippen LogP contribution in [0.4, 0.5) is 0 Å². The molecule has 0 amide bonds. The molecule has 1 aromatic rings. The molecule has 0 bridgehead atoms. The van der Waals surface area contributed by atoms with Gasteiger partial charge in [0.05, 0.1) is 0 Å². The van der Waals surface area contributed by atoms with E-state index in [4.69, 9.17) is 9.47 Å². The van der Waals surface area contributed by atoms with Crippen LogP contribution in [0.2, 0.25) is 0 Å². The number of fused-ring (bicyclic) bond motifs is 1. The van der Waals surface area contributed by atoms with Gasteiger partial charge in [0, 0.05) is 38.8 Å². The Balaban J connectivity index is 1.75. The van der Waals surface area contributed by atoms with Crippen LogP contribution >= 0.6 is 0 Å². The molecular formula is C15H23N3O2. The summed E-state index contributed by atoms with van der Waals surface area (Å²) in [5.74, 6) is 1.73. The summed E-state index contributed by atoms with van der Waals surface area (Å²) in [6.07, 6.45) is 0. The Morgan fingerprint density at radius 3 is 2.70 bits per heavy atom. The van der Waals surface area contributed by atoms with E-state index in [0.717, 1.165) is 44.2 Å². The fraction of sp³-hybridized carbons (Fsp3) is 0.600. The van der Waals surface area contributed by atoms with Crippen LogP contribution in [0.3, 0.4) is 0 Å². The number of piperazine rings is 1. The van der Waals surface area contributed by atoms with Crippen molar-refractivity contribution in [3.05, 3.63) is 23.8 Å². The molecule has 110 valence electrons. The van der Waals surface area contributed by atoms with Gasteiger partial charge in [-0.3, -0.25) is 4.90 Å². The van der Waals surface area contributed by atoms with Crippen LogP contribution in [0.25, 0.3) is 0 Å². The van der Waals surface area contributed by atoms with E-state index in [1.807, 2.05) is 6.07 Å². The van der Waals surface area contributed by atoms with Gasteiger partial charge in [-0.1, -0.05) is 6.07 Å². The van der Waals surface area contributed by atoms with Crippen molar-refractivity contribution < 1.29 is 9.47 Å². The maximum atomic E-state index is 5.49. The highest BCUT2D eigenvalue weighted by Gasteiger charge is 2.22. The second-order valence-electron chi connectivity index (χ2n) is 5.64. The zero-order valence-electron chi connectivity index (χ0n) is 12.3. The third kappa shape index (κ3) is 2.90. The summed E-state index contributed by atoms with van der Waals surface area (Å²) in [4.78, 5) is 4.80. The van der Waals surface area contributed by atoms with Crippen LogP contribution < -0.4 is 14.8 Å². The standard InChI is InChI=1S/C15H23N3O2/c1-17(2)13(10-18-7-5-16-6-8-18)12-3-4-14-15(9-12)20-11-19-14/h3-4,9,13,16H,5-8,10-11H2,1-2H3. The maximum Gasteiger partial charge on any atom is 0.231 e. The summed E-state index contributed by atoms with van der Waals surface area (Å²) in [6.45, 7) is 5.80. The summed E-state index contributed by atoms with van der Waals surface area (Å²) in [5, 5.41) is 3.40. The SMILES string of the molecule is CN(C)C(CN1CCNCC1)c1ccc2c(c1)OCO2. The first kappa shape index (κ1) is 13.7. The second-order valence-corrected chi connectivity index (χ2v) is 5.64. The first-order chi connectivity index (χ1) is 9.74. The molecule has 0 radical (unpaired) electrons. The first-order valence-corrected chi connectivity index (χ1v) is 7.23. The molecular weight excluding hydrogens is 254 g/mol. The van der Waals surface area contributed by atoms with Gasteiger partial charge in [-0.05, 0) is 31.8 Å². The monoisotopic (exact) mass is 277 g/mol. The van der Waals surface area contributed by atoms with Gasteiger partial charge >= 0.3 is 0 Å². The van der Waals surface area contributed by atoms with E-state index in [-0.39, 0.29) is 0 Å². The molecule has 0 spiro atoms. The minimum absolute atomic E-state index is 0.337. The van der Waals surface area contributed by atoms with Crippen LogP contribution in [-0.2, 0) is 0 Å². The minimum Gasteiger partial charge on any atom is -0.454 e. The maximum absolute atomic E-state index is 5.49. The zero-order chi connectivity index (χ0) is 13.9. The highest BCUT2D eigenvalue weighted by Crippen LogP contribution is 2.35. The number of nitrogens with one attached hydrogen (secondary N) is 1. The molecule has 2 heterocycles. The zero-order valence-corrected chi connectivity index (χ0v) is 12.3. The fourth-order valence-corrected chi connectivity index (χ4v) is 2.83. The average Bonchev–Trinajstić information content (AvgIpc) is 2.93. The Bertz CT molecular complexity index is 458. The molecule has 5 heteroatoms. The van der Waals surface area contributed by atoms with Crippen molar-refractivity contribution in [2.75, 3.05) is 53.6 Å². The van der Waals surface area contributed by atoms with Gasteiger partial charge in [-0.2, -0.15) is 0 Å². The van der Waals surface area contributed by atoms with Crippen molar-refractivity contribution in [1.82, 2.24) is 15.1 Å². The van der Waals surface area contributed by atoms with Crippen LogP contribution in [0, 0.1) is 0 Å². The fourth-order valence-electron chi connectivity index (χ4n) is 2.83. The van der Waals surface area contributed by atoms with Crippen molar-refractivity contribution >= 4 is 0 Å². The molecule has 1 atom stereocenters. The summed E-state index contributed by atoms with van der Waals surface area (Å²) in [7, 11) is 4.27. The largest absolute Gasteiger partial charge is 0.454 e. The Kier molecular flexibility index (Phi) is 4.10. The molecule has 5 nitrogen and oxygen atoms in total. The molecule has 3 rings (SSSR count). The molecule has 2 aliphatic rings. The number of nitrogens with zero attached hydrogens (tertiary/aromatic N) is 2. The van der Waals surface area contributed by atoms with Crippen molar-refractivity contribution in [3.8, 4) is 11.5 Å². The van der Waals surface area contributed by atoms with Crippen molar-refractivity contribution in [2.45, 2.75) is 6.04 Å². The van der Waals surface area contributed by atoms with E-state index < -0.39 is 0 Å². The molecule has 2 aliphatic heterocycles. The minimum atomic E-state index is 0.337. The van der Waals surface area contributed by atoms with Crippen molar-refractivity contribution in [3.63, 3.8) is 0 Å². The average molecular weight is 277 g/mol. The van der Waals surface area contributed by atoms with E-state index in [0.29, 0.717) is 12.8 Å². The van der Waals surface area contributed by atoms with Crippen molar-refractivity contribution in [1.29, 1.82) is 0 Å². The van der Waals surface area contributed by atoms with Crippen LogP contribution in [-0.4, -0.2) is 63.4 Å². The normalized spacial score (nSPS) is 20.4. The van der Waals surface area contributed by atoms with Gasteiger partial charge < -0.3 is 19.7 Å². The quantitative estimate of drug-likeness (QED) is 0.886. The van der Waals surface area contributed by atoms with Gasteiger partial charge in [0.1, 0.15) is 0 Å². The van der Waals surface area contributed by atoms with Crippen LogP contribution in [0.5, 0.6) is 11.5 Å². The Morgan fingerprint density at radius 1 is 1.20 bits per heavy atom. The summed E-state index contributed by atoms with van der Waals surface area (Å²) < 4.78 is 10.9. The first-order valence-electron chi connectivity index (χ1n) is 7.23. The Labute approximate surface area is 120 Å². The molecule has 1 saturated heterocycles. The van der Waals surface area contributed by atoms with E-state index in [1.165, 1.54) is 5.56 Å². The summed E-state index contributed by atoms with van der Waals surface area (Å²) in [6, 6.07) is 6.67. The van der Waals surface area contributed by atoms with E-state index in [1.54, 1.807) is 0 Å². The lowest BCUT2D eigenvalue weighted by Crippen LogP contribution is -2.46. The Morgan fingerprint density at radius 2 is 1.95 bits per heavy atom. The molecule has 0 aromatic heterocycles. The highest BCUT2D eigenvalue weighted by atomic mass is 16.7. The third-order valence-corrected chi connectivity index (χ3v) is 4.05. The molecule has 0 aliphatic carbocycles. The lowest BCUT2D eigenvalue weighted by Gasteiger charge is -2.34. The molecule has 1 aromatic carbocycles. The number of hydrogen-bond acceptors (Lipinski definition) is 5. The van der Waals surface area contributed by atoms with Gasteiger partial charge in [0.2, 0.25) is 6.79 Å². The number of likely N-dealkylation sites (N-methyl/N-ethyl adjacent to an activating group) is 1. The molecule has 1 N–H and O–H groups in total. The topological polar surface area (TPSA) is 37.0 Å². The van der Waals surface area contributed by atoms with Gasteiger partial charge in [-0.25, -0.2) is 0 Å². The van der Waals surface area contributed by atoms with Crippen LogP contribution in [0.1, 0.15) is 11.6 Å². The molecule has 1 unspecified atom stereocenters. The third-order valence-electron chi connectivity index (χ3n) is 4.05. The van der Waals surface area contributed by atoms with E-state index in [9.17, 15) is 0 Å². The molecule has 0 saturated carbocycles. The Hall–Kier alpha value is -1.30.